The molecular weight excluding hydrogens is 278 g/mol. The Labute approximate surface area is 117 Å². The summed E-state index contributed by atoms with van der Waals surface area (Å²) in [6.45, 7) is 3.72. The fourth-order valence-corrected chi connectivity index (χ4v) is 2.88. The number of hydrogen-bond acceptors (Lipinski definition) is 5. The zero-order chi connectivity index (χ0) is 14.4. The predicted octanol–water partition coefficient (Wildman–Crippen LogP) is 0.714. The van der Waals surface area contributed by atoms with Crippen molar-refractivity contribution < 1.29 is 4.79 Å². The van der Waals surface area contributed by atoms with Gasteiger partial charge in [-0.15, -0.1) is 11.3 Å². The standard InChI is InChI=1S/C12H13N5O2S/c1-6(2)10-15-16(4-9(13)18)12(19)7-3-8-11(17(7)10)14-5-20-8/h3,5-6H,4H2,1-2H3,(H2,13,18). The Hall–Kier alpha value is -2.22. The van der Waals surface area contributed by atoms with Crippen molar-refractivity contribution in [1.82, 2.24) is 19.2 Å². The molecular formula is C12H13N5O2S. The number of fused-ring (bicyclic) bond motifs is 3. The number of rotatable bonds is 3. The van der Waals surface area contributed by atoms with Crippen molar-refractivity contribution in [3.05, 3.63) is 27.8 Å². The monoisotopic (exact) mass is 291 g/mol. The molecule has 0 saturated carbocycles. The highest BCUT2D eigenvalue weighted by Gasteiger charge is 2.18. The van der Waals surface area contributed by atoms with E-state index in [-0.39, 0.29) is 18.0 Å². The van der Waals surface area contributed by atoms with Gasteiger partial charge in [0.25, 0.3) is 5.56 Å². The number of thiazole rings is 1. The summed E-state index contributed by atoms with van der Waals surface area (Å²) in [4.78, 5) is 27.7. The molecule has 0 bridgehead atoms. The number of primary amides is 1. The van der Waals surface area contributed by atoms with Gasteiger partial charge in [-0.2, -0.15) is 5.10 Å². The molecule has 1 amide bonds. The third kappa shape index (κ3) is 1.80. The number of aromatic nitrogens is 4. The molecule has 3 rings (SSSR count). The third-order valence-electron chi connectivity index (χ3n) is 3.02. The number of carbonyl (C=O) groups is 1. The Morgan fingerprint density at radius 2 is 2.25 bits per heavy atom. The van der Waals surface area contributed by atoms with Gasteiger partial charge >= 0.3 is 0 Å². The molecule has 0 fully saturated rings. The van der Waals surface area contributed by atoms with E-state index < -0.39 is 5.91 Å². The molecule has 20 heavy (non-hydrogen) atoms. The molecule has 0 aromatic carbocycles. The van der Waals surface area contributed by atoms with Gasteiger partial charge in [-0.1, -0.05) is 13.8 Å². The van der Waals surface area contributed by atoms with Gasteiger partial charge in [-0.05, 0) is 6.07 Å². The number of hydrogen-bond donors (Lipinski definition) is 1. The van der Waals surface area contributed by atoms with E-state index >= 15 is 0 Å². The third-order valence-corrected chi connectivity index (χ3v) is 3.79. The van der Waals surface area contributed by atoms with Crippen molar-refractivity contribution >= 4 is 33.1 Å². The van der Waals surface area contributed by atoms with Crippen LogP contribution in [0.3, 0.4) is 0 Å². The lowest BCUT2D eigenvalue weighted by molar-refractivity contribution is -0.118. The first-order valence-electron chi connectivity index (χ1n) is 6.13. The van der Waals surface area contributed by atoms with Gasteiger partial charge in [0.2, 0.25) is 5.91 Å². The maximum Gasteiger partial charge on any atom is 0.291 e. The summed E-state index contributed by atoms with van der Waals surface area (Å²) >= 11 is 1.46. The average molecular weight is 291 g/mol. The van der Waals surface area contributed by atoms with Gasteiger partial charge < -0.3 is 5.73 Å². The topological polar surface area (TPSA) is 95.3 Å². The zero-order valence-corrected chi connectivity index (χ0v) is 11.8. The first-order chi connectivity index (χ1) is 9.49. The van der Waals surface area contributed by atoms with Gasteiger partial charge in [-0.25, -0.2) is 9.67 Å². The Morgan fingerprint density at radius 3 is 2.90 bits per heavy atom. The Kier molecular flexibility index (Phi) is 2.82. The SMILES string of the molecule is CC(C)c1nn(CC(N)=O)c(=O)c2cc3scnc3n12. The minimum Gasteiger partial charge on any atom is -0.368 e. The van der Waals surface area contributed by atoms with Gasteiger partial charge in [0.15, 0.2) is 5.65 Å². The van der Waals surface area contributed by atoms with Crippen LogP contribution in [-0.4, -0.2) is 25.1 Å². The number of amides is 1. The maximum absolute atomic E-state index is 12.4. The van der Waals surface area contributed by atoms with E-state index in [0.717, 1.165) is 15.0 Å². The minimum atomic E-state index is -0.592. The molecule has 0 aliphatic carbocycles. The molecule has 7 nitrogen and oxygen atoms in total. The number of carbonyl (C=O) groups excluding carboxylic acids is 1. The maximum atomic E-state index is 12.4. The van der Waals surface area contributed by atoms with Gasteiger partial charge in [0.1, 0.15) is 17.9 Å². The van der Waals surface area contributed by atoms with Crippen molar-refractivity contribution in [3.63, 3.8) is 0 Å². The first kappa shape index (κ1) is 12.8. The van der Waals surface area contributed by atoms with E-state index in [1.165, 1.54) is 11.3 Å². The van der Waals surface area contributed by atoms with Gasteiger partial charge in [-0.3, -0.25) is 14.0 Å². The van der Waals surface area contributed by atoms with Crippen molar-refractivity contribution in [2.45, 2.75) is 26.3 Å². The molecule has 2 N–H and O–H groups in total. The van der Waals surface area contributed by atoms with Crippen LogP contribution in [0, 0.1) is 0 Å². The molecule has 0 atom stereocenters. The van der Waals surface area contributed by atoms with Crippen molar-refractivity contribution in [1.29, 1.82) is 0 Å². The molecule has 3 heterocycles. The highest BCUT2D eigenvalue weighted by Crippen LogP contribution is 2.24. The summed E-state index contributed by atoms with van der Waals surface area (Å²) in [6, 6.07) is 1.78. The molecule has 3 aromatic heterocycles. The van der Waals surface area contributed by atoms with Crippen LogP contribution in [0.2, 0.25) is 0 Å². The summed E-state index contributed by atoms with van der Waals surface area (Å²) in [5, 5.41) is 4.27. The van der Waals surface area contributed by atoms with Crippen LogP contribution in [-0.2, 0) is 11.3 Å². The molecule has 0 saturated heterocycles. The van der Waals surface area contributed by atoms with E-state index in [1.54, 1.807) is 16.0 Å². The van der Waals surface area contributed by atoms with E-state index in [1.807, 2.05) is 13.8 Å². The van der Waals surface area contributed by atoms with E-state index in [4.69, 9.17) is 5.73 Å². The van der Waals surface area contributed by atoms with Crippen LogP contribution in [0.15, 0.2) is 16.4 Å². The lowest BCUT2D eigenvalue weighted by Gasteiger charge is -2.11. The molecule has 0 unspecified atom stereocenters. The number of nitrogens with zero attached hydrogens (tertiary/aromatic N) is 4. The molecule has 3 aromatic rings. The van der Waals surface area contributed by atoms with Crippen LogP contribution in [0.4, 0.5) is 0 Å². The second-order valence-corrected chi connectivity index (χ2v) is 5.73. The first-order valence-corrected chi connectivity index (χ1v) is 7.01. The largest absolute Gasteiger partial charge is 0.368 e. The van der Waals surface area contributed by atoms with Crippen LogP contribution in [0.25, 0.3) is 15.9 Å². The van der Waals surface area contributed by atoms with Crippen molar-refractivity contribution in [3.8, 4) is 0 Å². The van der Waals surface area contributed by atoms with Crippen LogP contribution >= 0.6 is 11.3 Å². The molecule has 8 heteroatoms. The fourth-order valence-electron chi connectivity index (χ4n) is 2.18. The predicted molar refractivity (Wildman–Crippen MR) is 75.9 cm³/mol. The molecule has 104 valence electrons. The Bertz CT molecular complexity index is 873. The minimum absolute atomic E-state index is 0.0783. The summed E-state index contributed by atoms with van der Waals surface area (Å²) in [5.74, 6) is 0.168. The van der Waals surface area contributed by atoms with Crippen LogP contribution < -0.4 is 11.3 Å². The molecule has 0 aliphatic heterocycles. The summed E-state index contributed by atoms with van der Waals surface area (Å²) in [6.07, 6.45) is 0. The quantitative estimate of drug-likeness (QED) is 0.769. The molecule has 0 spiro atoms. The highest BCUT2D eigenvalue weighted by molar-refractivity contribution is 7.16. The smallest absolute Gasteiger partial charge is 0.291 e. The summed E-state index contributed by atoms with van der Waals surface area (Å²) < 4.78 is 3.80. The van der Waals surface area contributed by atoms with E-state index in [2.05, 4.69) is 10.1 Å². The van der Waals surface area contributed by atoms with Crippen molar-refractivity contribution in [2.75, 3.05) is 0 Å². The Balaban J connectivity index is 2.44. The lowest BCUT2D eigenvalue weighted by Crippen LogP contribution is -2.32. The average Bonchev–Trinajstić information content (AvgIpc) is 2.92. The fraction of sp³-hybridized carbons (Fsp3) is 0.333. The van der Waals surface area contributed by atoms with Crippen LogP contribution in [0.1, 0.15) is 25.6 Å². The van der Waals surface area contributed by atoms with Crippen LogP contribution in [0.5, 0.6) is 0 Å². The normalized spacial score (nSPS) is 11.8. The van der Waals surface area contributed by atoms with E-state index in [9.17, 15) is 9.59 Å². The molecule has 0 radical (unpaired) electrons. The highest BCUT2D eigenvalue weighted by atomic mass is 32.1. The van der Waals surface area contributed by atoms with Gasteiger partial charge in [0.05, 0.1) is 10.2 Å². The van der Waals surface area contributed by atoms with Gasteiger partial charge in [0, 0.05) is 5.92 Å². The molecule has 0 aliphatic rings. The Morgan fingerprint density at radius 1 is 1.50 bits per heavy atom. The lowest BCUT2D eigenvalue weighted by atomic mass is 10.2. The second kappa shape index (κ2) is 4.41. The number of nitrogens with two attached hydrogens (primary N) is 1. The van der Waals surface area contributed by atoms with E-state index in [0.29, 0.717) is 11.3 Å². The summed E-state index contributed by atoms with van der Waals surface area (Å²) in [7, 11) is 0. The van der Waals surface area contributed by atoms with Crippen molar-refractivity contribution in [2.24, 2.45) is 5.73 Å². The zero-order valence-electron chi connectivity index (χ0n) is 11.0. The second-order valence-electron chi connectivity index (χ2n) is 4.85. The summed E-state index contributed by atoms with van der Waals surface area (Å²) in [5.41, 5.74) is 7.76.